The summed E-state index contributed by atoms with van der Waals surface area (Å²) >= 11 is 0. The summed E-state index contributed by atoms with van der Waals surface area (Å²) in [5.41, 5.74) is 6.98. The summed E-state index contributed by atoms with van der Waals surface area (Å²) in [6.07, 6.45) is -0.175. The summed E-state index contributed by atoms with van der Waals surface area (Å²) in [5.74, 6) is -3.31. The van der Waals surface area contributed by atoms with E-state index in [1.807, 2.05) is 24.3 Å². The minimum Gasteiger partial charge on any atom is -0.433 e. The average Bonchev–Trinajstić information content (AvgIpc) is 3.54. The highest BCUT2D eigenvalue weighted by molar-refractivity contribution is 5.97. The first-order valence-corrected chi connectivity index (χ1v) is 12.8. The Kier molecular flexibility index (Phi) is 7.34. The summed E-state index contributed by atoms with van der Waals surface area (Å²) in [6.45, 7) is 2.94. The molecule has 0 aromatic heterocycles. The zero-order chi connectivity index (χ0) is 27.7. The van der Waals surface area contributed by atoms with E-state index in [0.717, 1.165) is 50.3 Å². The Bertz CT molecular complexity index is 1330. The third kappa shape index (κ3) is 5.22. The molecule has 10 nitrogen and oxygen atoms in total. The average molecular weight is 539 g/mol. The molecule has 3 saturated heterocycles. The summed E-state index contributed by atoms with van der Waals surface area (Å²) in [4.78, 5) is 43.0. The van der Waals surface area contributed by atoms with Gasteiger partial charge >= 0.3 is 12.1 Å². The molecule has 4 amide bonds. The highest BCUT2D eigenvalue weighted by Gasteiger charge is 2.50. The fraction of sp³-hybridized carbons (Fsp3) is 0.407. The molecule has 0 bridgehead atoms. The number of urea groups is 1. The number of imide groups is 1. The third-order valence-electron chi connectivity index (χ3n) is 7.67. The number of nitriles is 1. The zero-order valence-electron chi connectivity index (χ0n) is 21.1. The van der Waals surface area contributed by atoms with E-state index >= 15 is 0 Å². The van der Waals surface area contributed by atoms with E-state index in [1.165, 1.54) is 6.07 Å². The number of likely N-dealkylation sites (tertiary alicyclic amines) is 1. The number of halogens is 2. The predicted molar refractivity (Wildman–Crippen MR) is 135 cm³/mol. The number of nitrogens with one attached hydrogen (secondary N) is 1. The maximum absolute atomic E-state index is 13.9. The summed E-state index contributed by atoms with van der Waals surface area (Å²) in [6, 6.07) is 10.6. The number of piperidine rings is 1. The SMILES string of the molecule is N#Cc1ccccc1N1CCC(N2CC[C@@H](NC(=O)N3C(=O)O[C@@H](C(N)=O)[C@@H]3c3ccc(F)c(F)c3)C2)CC1. The van der Waals surface area contributed by atoms with Gasteiger partial charge in [0.2, 0.25) is 6.10 Å². The number of primary amides is 1. The second-order valence-corrected chi connectivity index (χ2v) is 9.97. The summed E-state index contributed by atoms with van der Waals surface area (Å²) in [5, 5.41) is 12.2. The molecule has 5 rings (SSSR count). The molecule has 3 heterocycles. The molecule has 0 saturated carbocycles. The van der Waals surface area contributed by atoms with Gasteiger partial charge in [-0.25, -0.2) is 23.3 Å². The normalized spacial score (nSPS) is 23.9. The number of nitrogens with two attached hydrogens (primary N) is 1. The Labute approximate surface area is 223 Å². The zero-order valence-corrected chi connectivity index (χ0v) is 21.1. The van der Waals surface area contributed by atoms with Gasteiger partial charge in [0.05, 0.1) is 11.3 Å². The number of para-hydroxylation sites is 1. The van der Waals surface area contributed by atoms with Crippen molar-refractivity contribution in [2.75, 3.05) is 31.1 Å². The van der Waals surface area contributed by atoms with E-state index in [-0.39, 0.29) is 11.6 Å². The van der Waals surface area contributed by atoms with Crippen LogP contribution in [0.15, 0.2) is 42.5 Å². The van der Waals surface area contributed by atoms with Gasteiger partial charge in [-0.2, -0.15) is 5.26 Å². The van der Waals surface area contributed by atoms with Gasteiger partial charge in [-0.1, -0.05) is 18.2 Å². The monoisotopic (exact) mass is 538 g/mol. The van der Waals surface area contributed by atoms with Crippen LogP contribution in [-0.4, -0.2) is 72.2 Å². The molecule has 0 unspecified atom stereocenters. The minimum absolute atomic E-state index is 0.0106. The number of ether oxygens (including phenoxy) is 1. The molecule has 2 aromatic rings. The van der Waals surface area contributed by atoms with Crippen LogP contribution in [0.5, 0.6) is 0 Å². The van der Waals surface area contributed by atoms with E-state index in [2.05, 4.69) is 21.2 Å². The molecule has 3 fully saturated rings. The number of hydrogen-bond acceptors (Lipinski definition) is 7. The summed E-state index contributed by atoms with van der Waals surface area (Å²) < 4.78 is 32.5. The Morgan fingerprint density at radius 3 is 2.49 bits per heavy atom. The first-order valence-electron chi connectivity index (χ1n) is 12.8. The summed E-state index contributed by atoms with van der Waals surface area (Å²) in [7, 11) is 0. The smallest absolute Gasteiger partial charge is 0.419 e. The topological polar surface area (TPSA) is 132 Å². The predicted octanol–water partition coefficient (Wildman–Crippen LogP) is 2.64. The molecule has 3 atom stereocenters. The molecule has 39 heavy (non-hydrogen) atoms. The van der Waals surface area contributed by atoms with Gasteiger partial charge in [0.25, 0.3) is 5.91 Å². The van der Waals surface area contributed by atoms with Crippen LogP contribution in [0.25, 0.3) is 0 Å². The fourth-order valence-electron chi connectivity index (χ4n) is 5.72. The van der Waals surface area contributed by atoms with Gasteiger partial charge in [-0.3, -0.25) is 9.69 Å². The van der Waals surface area contributed by atoms with Crippen molar-refractivity contribution in [2.45, 2.75) is 43.5 Å². The molecule has 3 aliphatic heterocycles. The van der Waals surface area contributed by atoms with Crippen LogP contribution in [0.1, 0.15) is 36.4 Å². The van der Waals surface area contributed by atoms with Crippen LogP contribution >= 0.6 is 0 Å². The van der Waals surface area contributed by atoms with Gasteiger partial charge in [0.15, 0.2) is 11.6 Å². The van der Waals surface area contributed by atoms with Crippen molar-refractivity contribution >= 4 is 23.7 Å². The van der Waals surface area contributed by atoms with Crippen molar-refractivity contribution in [1.29, 1.82) is 5.26 Å². The standard InChI is InChI=1S/C27H28F2N6O4/c28-20-6-5-16(13-21(20)29)23-24(25(31)36)39-27(38)35(23)26(37)32-18-7-10-34(15-18)19-8-11-33(12-9-19)22-4-2-1-3-17(22)14-30/h1-6,13,18-19,23-24H,7-12,15H2,(H2,31,36)(H,32,37)/t18-,23+,24-/m1/s1. The third-order valence-corrected chi connectivity index (χ3v) is 7.67. The molecule has 3 N–H and O–H groups in total. The molecule has 0 radical (unpaired) electrons. The molecule has 12 heteroatoms. The maximum Gasteiger partial charge on any atom is 0.419 e. The van der Waals surface area contributed by atoms with E-state index in [9.17, 15) is 28.4 Å². The lowest BCUT2D eigenvalue weighted by molar-refractivity contribution is -0.125. The molecule has 3 aliphatic rings. The number of nitrogens with zero attached hydrogens (tertiary/aromatic N) is 4. The lowest BCUT2D eigenvalue weighted by Crippen LogP contribution is -2.49. The molecule has 0 aliphatic carbocycles. The number of rotatable bonds is 5. The largest absolute Gasteiger partial charge is 0.433 e. The molecule has 204 valence electrons. The van der Waals surface area contributed by atoms with Crippen molar-refractivity contribution in [3.63, 3.8) is 0 Å². The number of carbonyl (C=O) groups excluding carboxylic acids is 3. The van der Waals surface area contributed by atoms with Crippen LogP contribution in [0, 0.1) is 23.0 Å². The van der Waals surface area contributed by atoms with Crippen molar-refractivity contribution in [2.24, 2.45) is 5.73 Å². The van der Waals surface area contributed by atoms with Gasteiger partial charge in [0.1, 0.15) is 12.1 Å². The van der Waals surface area contributed by atoms with Gasteiger partial charge in [-0.15, -0.1) is 0 Å². The van der Waals surface area contributed by atoms with Crippen LogP contribution in [0.3, 0.4) is 0 Å². The highest BCUT2D eigenvalue weighted by atomic mass is 19.2. The van der Waals surface area contributed by atoms with Crippen molar-refractivity contribution in [3.8, 4) is 6.07 Å². The van der Waals surface area contributed by atoms with Crippen molar-refractivity contribution in [1.82, 2.24) is 15.1 Å². The van der Waals surface area contributed by atoms with E-state index < -0.39 is 41.8 Å². The highest BCUT2D eigenvalue weighted by Crippen LogP contribution is 2.34. The van der Waals surface area contributed by atoms with E-state index in [4.69, 9.17) is 10.5 Å². The number of amides is 4. The Morgan fingerprint density at radius 2 is 1.79 bits per heavy atom. The second-order valence-electron chi connectivity index (χ2n) is 9.97. The van der Waals surface area contributed by atoms with E-state index in [1.54, 1.807) is 0 Å². The lowest BCUT2D eigenvalue weighted by Gasteiger charge is -2.38. The van der Waals surface area contributed by atoms with Crippen molar-refractivity contribution in [3.05, 3.63) is 65.2 Å². The number of cyclic esters (lactones) is 1. The quantitative estimate of drug-likeness (QED) is 0.598. The van der Waals surface area contributed by atoms with Crippen LogP contribution < -0.4 is 16.0 Å². The Balaban J connectivity index is 1.21. The van der Waals surface area contributed by atoms with Crippen molar-refractivity contribution < 1.29 is 27.9 Å². The number of carbonyl (C=O) groups is 3. The maximum atomic E-state index is 13.9. The van der Waals surface area contributed by atoms with Crippen LogP contribution in [0.4, 0.5) is 24.1 Å². The van der Waals surface area contributed by atoms with E-state index in [0.29, 0.717) is 29.5 Å². The van der Waals surface area contributed by atoms with Gasteiger partial charge in [-0.05, 0) is 49.1 Å². The molecular weight excluding hydrogens is 510 g/mol. The second kappa shape index (κ2) is 10.9. The number of anilines is 1. The number of benzene rings is 2. The van der Waals surface area contributed by atoms with Crippen LogP contribution in [-0.2, 0) is 9.53 Å². The molecule has 2 aromatic carbocycles. The molecule has 0 spiro atoms. The lowest BCUT2D eigenvalue weighted by atomic mass is 10.00. The Hall–Kier alpha value is -4.24. The first-order chi connectivity index (χ1) is 18.8. The fourth-order valence-corrected chi connectivity index (χ4v) is 5.72. The van der Waals surface area contributed by atoms with Gasteiger partial charge < -0.3 is 20.7 Å². The number of hydrogen-bond donors (Lipinski definition) is 2. The molecular formula is C27H28F2N6O4. The minimum atomic E-state index is -1.54. The first kappa shape index (κ1) is 26.4. The Morgan fingerprint density at radius 1 is 1.05 bits per heavy atom. The van der Waals surface area contributed by atoms with Crippen LogP contribution in [0.2, 0.25) is 0 Å². The van der Waals surface area contributed by atoms with Gasteiger partial charge in [0, 0.05) is 38.3 Å².